The number of ether oxygens (including phenoxy) is 3. The first kappa shape index (κ1) is 17.0. The van der Waals surface area contributed by atoms with Crippen LogP contribution in [0.5, 0.6) is 17.2 Å². The lowest BCUT2D eigenvalue weighted by molar-refractivity contribution is 0.174. The molecule has 0 saturated carbocycles. The van der Waals surface area contributed by atoms with Gasteiger partial charge in [-0.05, 0) is 41.5 Å². The summed E-state index contributed by atoms with van der Waals surface area (Å²) < 4.78 is 15.9. The molecule has 2 aromatic carbocycles. The van der Waals surface area contributed by atoms with Gasteiger partial charge in [0.15, 0.2) is 11.5 Å². The van der Waals surface area contributed by atoms with Crippen molar-refractivity contribution in [1.29, 1.82) is 0 Å². The maximum Gasteiger partial charge on any atom is 0.231 e. The predicted molar refractivity (Wildman–Crippen MR) is 102 cm³/mol. The Labute approximate surface area is 157 Å². The van der Waals surface area contributed by atoms with Crippen molar-refractivity contribution in [3.8, 4) is 17.2 Å². The number of nitrogens with zero attached hydrogens (tertiary/aromatic N) is 2. The van der Waals surface area contributed by atoms with E-state index in [9.17, 15) is 0 Å². The number of anilines is 2. The van der Waals surface area contributed by atoms with Crippen LogP contribution in [0.4, 0.5) is 11.8 Å². The largest absolute Gasteiger partial charge is 0.497 e. The molecule has 2 N–H and O–H groups in total. The van der Waals surface area contributed by atoms with Crippen molar-refractivity contribution in [2.24, 2.45) is 0 Å². The molecule has 0 bridgehead atoms. The fraction of sp³-hybridized carbons (Fsp3) is 0.200. The number of hydrogen-bond donors (Lipinski definition) is 2. The van der Waals surface area contributed by atoms with Gasteiger partial charge >= 0.3 is 0 Å². The highest BCUT2D eigenvalue weighted by molar-refractivity contribution is 5.46. The van der Waals surface area contributed by atoms with Gasteiger partial charge in [-0.3, -0.25) is 0 Å². The van der Waals surface area contributed by atoms with E-state index in [0.29, 0.717) is 19.0 Å². The zero-order valence-corrected chi connectivity index (χ0v) is 14.9. The Balaban J connectivity index is 1.34. The Bertz CT molecular complexity index is 915. The second kappa shape index (κ2) is 7.82. The summed E-state index contributed by atoms with van der Waals surface area (Å²) >= 11 is 0. The molecule has 1 aromatic heterocycles. The lowest BCUT2D eigenvalue weighted by Crippen LogP contribution is -2.06. The molecule has 0 fully saturated rings. The molecule has 138 valence electrons. The Morgan fingerprint density at radius 1 is 0.926 bits per heavy atom. The van der Waals surface area contributed by atoms with Gasteiger partial charge in [-0.2, -0.15) is 4.98 Å². The number of benzene rings is 2. The SMILES string of the molecule is COc1ccc(CNc2ccnc(NCc3ccc4c(c3)OCO4)n2)cc1. The van der Waals surface area contributed by atoms with Gasteiger partial charge in [0.05, 0.1) is 7.11 Å². The maximum absolute atomic E-state index is 5.40. The minimum Gasteiger partial charge on any atom is -0.497 e. The van der Waals surface area contributed by atoms with E-state index in [2.05, 4.69) is 20.6 Å². The zero-order valence-electron chi connectivity index (χ0n) is 14.9. The van der Waals surface area contributed by atoms with Gasteiger partial charge in [0, 0.05) is 19.3 Å². The molecule has 7 heteroatoms. The van der Waals surface area contributed by atoms with Crippen molar-refractivity contribution < 1.29 is 14.2 Å². The van der Waals surface area contributed by atoms with E-state index >= 15 is 0 Å². The summed E-state index contributed by atoms with van der Waals surface area (Å²) in [5, 5.41) is 6.53. The summed E-state index contributed by atoms with van der Waals surface area (Å²) in [6.45, 7) is 1.54. The van der Waals surface area contributed by atoms with Crippen molar-refractivity contribution in [2.45, 2.75) is 13.1 Å². The molecular formula is C20H20N4O3. The number of hydrogen-bond acceptors (Lipinski definition) is 7. The molecule has 1 aliphatic rings. The van der Waals surface area contributed by atoms with E-state index in [1.54, 1.807) is 13.3 Å². The van der Waals surface area contributed by atoms with Crippen molar-refractivity contribution >= 4 is 11.8 Å². The molecule has 0 amide bonds. The molecule has 0 spiro atoms. The van der Waals surface area contributed by atoms with Crippen LogP contribution in [-0.2, 0) is 13.1 Å². The normalized spacial score (nSPS) is 11.9. The van der Waals surface area contributed by atoms with Gasteiger partial charge in [-0.1, -0.05) is 18.2 Å². The van der Waals surface area contributed by atoms with Crippen LogP contribution in [0, 0.1) is 0 Å². The van der Waals surface area contributed by atoms with E-state index in [1.807, 2.05) is 48.5 Å². The third-order valence-electron chi connectivity index (χ3n) is 4.18. The average molecular weight is 364 g/mol. The molecule has 0 unspecified atom stereocenters. The Morgan fingerprint density at radius 3 is 2.56 bits per heavy atom. The summed E-state index contributed by atoms with van der Waals surface area (Å²) in [5.74, 6) is 3.71. The van der Waals surface area contributed by atoms with Gasteiger partial charge in [-0.25, -0.2) is 4.98 Å². The van der Waals surface area contributed by atoms with Crippen molar-refractivity contribution in [2.75, 3.05) is 24.5 Å². The molecule has 7 nitrogen and oxygen atoms in total. The molecule has 0 radical (unpaired) electrons. The molecule has 0 saturated heterocycles. The van der Waals surface area contributed by atoms with Gasteiger partial charge in [0.25, 0.3) is 0 Å². The zero-order chi connectivity index (χ0) is 18.5. The lowest BCUT2D eigenvalue weighted by Gasteiger charge is -2.09. The standard InChI is InChI=1S/C20H20N4O3/c1-25-16-5-2-14(3-6-16)11-22-19-8-9-21-20(24-19)23-12-15-4-7-17-18(10-15)27-13-26-17/h2-10H,11-13H2,1H3,(H2,21,22,23,24). The Kier molecular flexibility index (Phi) is 4.91. The van der Waals surface area contributed by atoms with E-state index in [-0.39, 0.29) is 6.79 Å². The van der Waals surface area contributed by atoms with E-state index < -0.39 is 0 Å². The first-order valence-corrected chi connectivity index (χ1v) is 8.62. The second-order valence-electron chi connectivity index (χ2n) is 6.01. The minimum atomic E-state index is 0.275. The number of fused-ring (bicyclic) bond motifs is 1. The van der Waals surface area contributed by atoms with Crippen LogP contribution >= 0.6 is 0 Å². The van der Waals surface area contributed by atoms with Crippen LogP contribution < -0.4 is 24.8 Å². The molecular weight excluding hydrogens is 344 g/mol. The topological polar surface area (TPSA) is 77.5 Å². The molecule has 3 aromatic rings. The average Bonchev–Trinajstić information content (AvgIpc) is 3.19. The highest BCUT2D eigenvalue weighted by Gasteiger charge is 2.13. The number of nitrogens with one attached hydrogen (secondary N) is 2. The summed E-state index contributed by atoms with van der Waals surface area (Å²) in [5.41, 5.74) is 2.21. The van der Waals surface area contributed by atoms with Crippen LogP contribution in [0.25, 0.3) is 0 Å². The van der Waals surface area contributed by atoms with Crippen molar-refractivity contribution in [1.82, 2.24) is 9.97 Å². The minimum absolute atomic E-state index is 0.275. The highest BCUT2D eigenvalue weighted by atomic mass is 16.7. The molecule has 0 atom stereocenters. The quantitative estimate of drug-likeness (QED) is 0.665. The van der Waals surface area contributed by atoms with E-state index in [4.69, 9.17) is 14.2 Å². The van der Waals surface area contributed by atoms with Gasteiger partial charge in [0.2, 0.25) is 12.7 Å². The predicted octanol–water partition coefficient (Wildman–Crippen LogP) is 3.44. The third kappa shape index (κ3) is 4.20. The van der Waals surface area contributed by atoms with Gasteiger partial charge < -0.3 is 24.8 Å². The lowest BCUT2D eigenvalue weighted by atomic mass is 10.2. The monoisotopic (exact) mass is 364 g/mol. The van der Waals surface area contributed by atoms with Crippen molar-refractivity contribution in [3.63, 3.8) is 0 Å². The fourth-order valence-corrected chi connectivity index (χ4v) is 2.71. The fourth-order valence-electron chi connectivity index (χ4n) is 2.71. The molecule has 0 aliphatic carbocycles. The molecule has 1 aliphatic heterocycles. The van der Waals surface area contributed by atoms with Crippen LogP contribution in [0.1, 0.15) is 11.1 Å². The molecule has 2 heterocycles. The molecule has 4 rings (SSSR count). The smallest absolute Gasteiger partial charge is 0.231 e. The maximum atomic E-state index is 5.40. The van der Waals surface area contributed by atoms with Crippen LogP contribution in [0.15, 0.2) is 54.7 Å². The summed E-state index contributed by atoms with van der Waals surface area (Å²) in [6.07, 6.45) is 1.73. The van der Waals surface area contributed by atoms with Crippen molar-refractivity contribution in [3.05, 3.63) is 65.9 Å². The Hall–Kier alpha value is -3.48. The first-order chi connectivity index (χ1) is 13.3. The van der Waals surface area contributed by atoms with E-state index in [1.165, 1.54) is 0 Å². The number of rotatable bonds is 7. The summed E-state index contributed by atoms with van der Waals surface area (Å²) in [4.78, 5) is 8.77. The molecule has 27 heavy (non-hydrogen) atoms. The highest BCUT2D eigenvalue weighted by Crippen LogP contribution is 2.32. The summed E-state index contributed by atoms with van der Waals surface area (Å²) in [6, 6.07) is 15.6. The summed E-state index contributed by atoms with van der Waals surface area (Å²) in [7, 11) is 1.66. The van der Waals surface area contributed by atoms with Crippen LogP contribution in [0.2, 0.25) is 0 Å². The van der Waals surface area contributed by atoms with Crippen LogP contribution in [-0.4, -0.2) is 23.9 Å². The third-order valence-corrected chi connectivity index (χ3v) is 4.18. The first-order valence-electron chi connectivity index (χ1n) is 8.62. The Morgan fingerprint density at radius 2 is 1.70 bits per heavy atom. The van der Waals surface area contributed by atoms with Gasteiger partial charge in [0.1, 0.15) is 11.6 Å². The van der Waals surface area contributed by atoms with Crippen LogP contribution in [0.3, 0.4) is 0 Å². The second-order valence-corrected chi connectivity index (χ2v) is 6.01. The number of aromatic nitrogens is 2. The van der Waals surface area contributed by atoms with E-state index in [0.717, 1.165) is 34.2 Å². The number of methoxy groups -OCH3 is 1. The van der Waals surface area contributed by atoms with Gasteiger partial charge in [-0.15, -0.1) is 0 Å².